The fourth-order valence-corrected chi connectivity index (χ4v) is 4.37. The van der Waals surface area contributed by atoms with Crippen molar-refractivity contribution in [2.45, 2.75) is 16.3 Å². The second kappa shape index (κ2) is 9.88. The number of nitrogens with zero attached hydrogens (tertiary/aromatic N) is 1. The summed E-state index contributed by atoms with van der Waals surface area (Å²) in [6.07, 6.45) is 1.04. The molecule has 0 saturated heterocycles. The van der Waals surface area contributed by atoms with Crippen molar-refractivity contribution < 1.29 is 17.6 Å². The summed E-state index contributed by atoms with van der Waals surface area (Å²) < 4.78 is 38.5. The fourth-order valence-electron chi connectivity index (χ4n) is 2.71. The lowest BCUT2D eigenvalue weighted by atomic mass is 10.2. The van der Waals surface area contributed by atoms with Crippen LogP contribution in [0.1, 0.15) is 5.56 Å². The zero-order valence-corrected chi connectivity index (χ0v) is 17.9. The van der Waals surface area contributed by atoms with Gasteiger partial charge in [0.2, 0.25) is 15.9 Å². The minimum Gasteiger partial charge on any atom is -0.324 e. The molecule has 156 valence electrons. The number of hydrogen-bond acceptors (Lipinski definition) is 4. The van der Waals surface area contributed by atoms with Crippen LogP contribution in [0.25, 0.3) is 0 Å². The third kappa shape index (κ3) is 6.41. The summed E-state index contributed by atoms with van der Waals surface area (Å²) in [6.45, 7) is -0.368. The van der Waals surface area contributed by atoms with Crippen molar-refractivity contribution in [1.29, 1.82) is 0 Å². The van der Waals surface area contributed by atoms with Crippen molar-refractivity contribution in [3.05, 3.63) is 90.2 Å². The Morgan fingerprint density at radius 1 is 0.967 bits per heavy atom. The van der Waals surface area contributed by atoms with Crippen LogP contribution < -0.4 is 5.32 Å². The summed E-state index contributed by atoms with van der Waals surface area (Å²) in [6, 6.07) is 22.6. The Hall–Kier alpha value is -2.68. The van der Waals surface area contributed by atoms with Gasteiger partial charge in [-0.25, -0.2) is 12.8 Å². The zero-order valence-electron chi connectivity index (χ0n) is 16.3. The molecule has 3 rings (SSSR count). The first-order valence-electron chi connectivity index (χ1n) is 9.12. The van der Waals surface area contributed by atoms with Gasteiger partial charge in [0.15, 0.2) is 0 Å². The molecule has 1 N–H and O–H groups in total. The standard InChI is InChI=1S/C22H21FN2O3S2/c1-30(27,28)25(15-17-11-13-18(23)14-12-17)16-22(26)24-20-9-5-6-10-21(20)29-19-7-3-2-4-8-19/h2-14H,15-16H2,1H3,(H,24,26). The van der Waals surface area contributed by atoms with Gasteiger partial charge in [-0.1, -0.05) is 54.2 Å². The first-order valence-corrected chi connectivity index (χ1v) is 11.8. The van der Waals surface area contributed by atoms with Crippen LogP contribution in [0.5, 0.6) is 0 Å². The molecule has 0 bridgehead atoms. The van der Waals surface area contributed by atoms with Gasteiger partial charge in [0.05, 0.1) is 18.5 Å². The van der Waals surface area contributed by atoms with Crippen molar-refractivity contribution in [2.24, 2.45) is 0 Å². The fraction of sp³-hybridized carbons (Fsp3) is 0.136. The summed E-state index contributed by atoms with van der Waals surface area (Å²) in [5.41, 5.74) is 1.20. The second-order valence-electron chi connectivity index (χ2n) is 6.62. The maximum atomic E-state index is 13.1. The summed E-state index contributed by atoms with van der Waals surface area (Å²) >= 11 is 1.50. The average molecular weight is 445 g/mol. The van der Waals surface area contributed by atoms with Crippen LogP contribution in [-0.2, 0) is 21.4 Å². The van der Waals surface area contributed by atoms with Gasteiger partial charge in [0.25, 0.3) is 0 Å². The third-order valence-electron chi connectivity index (χ3n) is 4.19. The Kier molecular flexibility index (Phi) is 7.25. The molecule has 3 aromatic carbocycles. The Bertz CT molecular complexity index is 1100. The van der Waals surface area contributed by atoms with E-state index >= 15 is 0 Å². The number of rotatable bonds is 8. The summed E-state index contributed by atoms with van der Waals surface area (Å²) in [7, 11) is -3.65. The number of halogens is 1. The van der Waals surface area contributed by atoms with E-state index in [0.29, 0.717) is 11.3 Å². The molecular formula is C22H21FN2O3S2. The van der Waals surface area contributed by atoms with E-state index in [9.17, 15) is 17.6 Å². The van der Waals surface area contributed by atoms with E-state index in [4.69, 9.17) is 0 Å². The highest BCUT2D eigenvalue weighted by Crippen LogP contribution is 2.33. The maximum Gasteiger partial charge on any atom is 0.239 e. The van der Waals surface area contributed by atoms with Gasteiger partial charge in [-0.15, -0.1) is 0 Å². The monoisotopic (exact) mass is 444 g/mol. The molecule has 30 heavy (non-hydrogen) atoms. The van der Waals surface area contributed by atoms with E-state index in [1.165, 1.54) is 36.0 Å². The smallest absolute Gasteiger partial charge is 0.239 e. The summed E-state index contributed by atoms with van der Waals surface area (Å²) in [5.74, 6) is -0.862. The van der Waals surface area contributed by atoms with Crippen molar-refractivity contribution in [3.8, 4) is 0 Å². The molecule has 0 atom stereocenters. The lowest BCUT2D eigenvalue weighted by Gasteiger charge is -2.20. The number of para-hydroxylation sites is 1. The number of carbonyl (C=O) groups is 1. The molecule has 0 radical (unpaired) electrons. The van der Waals surface area contributed by atoms with Gasteiger partial charge in [-0.05, 0) is 42.0 Å². The number of amides is 1. The molecule has 0 aromatic heterocycles. The predicted molar refractivity (Wildman–Crippen MR) is 117 cm³/mol. The molecule has 3 aromatic rings. The van der Waals surface area contributed by atoms with Crippen LogP contribution in [0.4, 0.5) is 10.1 Å². The third-order valence-corrected chi connectivity index (χ3v) is 6.47. The van der Waals surface area contributed by atoms with E-state index in [0.717, 1.165) is 20.4 Å². The molecule has 5 nitrogen and oxygen atoms in total. The molecule has 0 heterocycles. The molecule has 1 amide bonds. The van der Waals surface area contributed by atoms with Gasteiger partial charge in [0.1, 0.15) is 5.82 Å². The quantitative estimate of drug-likeness (QED) is 0.560. The van der Waals surface area contributed by atoms with Crippen LogP contribution in [0.15, 0.2) is 88.7 Å². The van der Waals surface area contributed by atoms with Crippen molar-refractivity contribution in [1.82, 2.24) is 4.31 Å². The Balaban J connectivity index is 1.72. The average Bonchev–Trinajstić information content (AvgIpc) is 2.71. The first-order chi connectivity index (χ1) is 14.3. The topological polar surface area (TPSA) is 66.5 Å². The zero-order chi connectivity index (χ0) is 21.6. The van der Waals surface area contributed by atoms with Gasteiger partial charge in [-0.2, -0.15) is 4.31 Å². The first kappa shape index (κ1) is 22.0. The summed E-state index contributed by atoms with van der Waals surface area (Å²) in [4.78, 5) is 14.5. The van der Waals surface area contributed by atoms with E-state index in [1.54, 1.807) is 12.1 Å². The molecule has 0 fully saturated rings. The van der Waals surface area contributed by atoms with Crippen LogP contribution >= 0.6 is 11.8 Å². The molecule has 8 heteroatoms. The van der Waals surface area contributed by atoms with Crippen molar-refractivity contribution in [3.63, 3.8) is 0 Å². The molecule has 0 spiro atoms. The predicted octanol–water partition coefficient (Wildman–Crippen LogP) is 4.38. The number of carbonyl (C=O) groups excluding carboxylic acids is 1. The van der Waals surface area contributed by atoms with E-state index in [2.05, 4.69) is 5.32 Å². The van der Waals surface area contributed by atoms with E-state index in [-0.39, 0.29) is 13.1 Å². The second-order valence-corrected chi connectivity index (χ2v) is 9.71. The summed E-state index contributed by atoms with van der Waals surface area (Å²) in [5, 5.41) is 2.80. The lowest BCUT2D eigenvalue weighted by molar-refractivity contribution is -0.116. The van der Waals surface area contributed by atoms with E-state index in [1.807, 2.05) is 42.5 Å². The maximum absolute atomic E-state index is 13.1. The number of anilines is 1. The highest BCUT2D eigenvalue weighted by Gasteiger charge is 2.21. The Morgan fingerprint density at radius 3 is 2.27 bits per heavy atom. The number of nitrogens with one attached hydrogen (secondary N) is 1. The molecule has 0 saturated carbocycles. The highest BCUT2D eigenvalue weighted by atomic mass is 32.2. The van der Waals surface area contributed by atoms with Crippen molar-refractivity contribution >= 4 is 33.4 Å². The number of hydrogen-bond donors (Lipinski definition) is 1. The largest absolute Gasteiger partial charge is 0.324 e. The minimum absolute atomic E-state index is 0.0209. The molecule has 0 aliphatic heterocycles. The molecule has 0 unspecified atom stereocenters. The van der Waals surface area contributed by atoms with E-state index < -0.39 is 21.7 Å². The van der Waals surface area contributed by atoms with Crippen LogP contribution in [0.2, 0.25) is 0 Å². The van der Waals surface area contributed by atoms with Gasteiger partial charge in [0, 0.05) is 16.3 Å². The SMILES string of the molecule is CS(=O)(=O)N(CC(=O)Nc1ccccc1Sc1ccccc1)Cc1ccc(F)cc1. The Labute approximate surface area is 180 Å². The number of sulfonamides is 1. The molecule has 0 aliphatic carbocycles. The minimum atomic E-state index is -3.65. The van der Waals surface area contributed by atoms with Crippen LogP contribution in [0.3, 0.4) is 0 Å². The lowest BCUT2D eigenvalue weighted by Crippen LogP contribution is -2.37. The highest BCUT2D eigenvalue weighted by molar-refractivity contribution is 7.99. The van der Waals surface area contributed by atoms with Gasteiger partial charge < -0.3 is 5.32 Å². The molecule has 0 aliphatic rings. The number of benzene rings is 3. The molecular weight excluding hydrogens is 423 g/mol. The van der Waals surface area contributed by atoms with Crippen molar-refractivity contribution in [2.75, 3.05) is 18.1 Å². The normalized spacial score (nSPS) is 11.4. The van der Waals surface area contributed by atoms with Gasteiger partial charge in [-0.3, -0.25) is 4.79 Å². The van der Waals surface area contributed by atoms with Crippen LogP contribution in [-0.4, -0.2) is 31.4 Å². The Morgan fingerprint density at radius 2 is 1.60 bits per heavy atom. The van der Waals surface area contributed by atoms with Crippen LogP contribution in [0, 0.1) is 5.82 Å². The van der Waals surface area contributed by atoms with Gasteiger partial charge >= 0.3 is 0 Å².